The highest BCUT2D eigenvalue weighted by Gasteiger charge is 2.60. The van der Waals surface area contributed by atoms with Crippen molar-refractivity contribution in [2.75, 3.05) is 20.7 Å². The van der Waals surface area contributed by atoms with Crippen LogP contribution in [0.1, 0.15) is 54.8 Å². The summed E-state index contributed by atoms with van der Waals surface area (Å²) in [5.74, 6) is -0.265. The Hall–Kier alpha value is -1.30. The van der Waals surface area contributed by atoms with Gasteiger partial charge in [0.1, 0.15) is 6.10 Å². The third-order valence-corrected chi connectivity index (χ3v) is 7.02. The Labute approximate surface area is 142 Å². The quantitative estimate of drug-likeness (QED) is 0.826. The van der Waals surface area contributed by atoms with Crippen molar-refractivity contribution in [1.29, 1.82) is 0 Å². The van der Waals surface area contributed by atoms with Crippen LogP contribution >= 0.6 is 0 Å². The van der Waals surface area contributed by atoms with Crippen molar-refractivity contribution < 1.29 is 19.7 Å². The molecule has 1 saturated carbocycles. The molecule has 5 heteroatoms. The Balaban J connectivity index is 1.80. The molecule has 0 saturated heterocycles. The number of aliphatic hydroxyl groups excluding tert-OH is 1. The Morgan fingerprint density at radius 3 is 2.92 bits per heavy atom. The van der Waals surface area contributed by atoms with Gasteiger partial charge in [0.25, 0.3) is 0 Å². The van der Waals surface area contributed by atoms with Crippen LogP contribution in [0, 0.1) is 0 Å². The zero-order valence-corrected chi connectivity index (χ0v) is 14.3. The number of hydrogen-bond donors (Lipinski definition) is 2. The summed E-state index contributed by atoms with van der Waals surface area (Å²) >= 11 is 0. The van der Waals surface area contributed by atoms with Crippen LogP contribution in [-0.2, 0) is 16.6 Å². The van der Waals surface area contributed by atoms with E-state index in [-0.39, 0.29) is 11.2 Å². The SMILES string of the molecule is CO[C@]12CC3(CC[C@@H]4c5c(cc(O)c(c53)O1)CCN4C)CC[C@H]2O. The molecule has 1 fully saturated rings. The molecule has 1 aromatic rings. The van der Waals surface area contributed by atoms with Crippen LogP contribution in [0.5, 0.6) is 11.5 Å². The smallest absolute Gasteiger partial charge is 0.237 e. The third-order valence-electron chi connectivity index (χ3n) is 7.02. The number of methoxy groups -OCH3 is 1. The summed E-state index contributed by atoms with van der Waals surface area (Å²) in [6, 6.07) is 2.29. The number of likely N-dealkylation sites (N-methyl/N-ethyl adjacent to an activating group) is 1. The minimum atomic E-state index is -1.02. The number of hydrogen-bond acceptors (Lipinski definition) is 5. The van der Waals surface area contributed by atoms with Crippen molar-refractivity contribution in [2.24, 2.45) is 0 Å². The number of ether oxygens (including phenoxy) is 2. The normalized spacial score (nSPS) is 40.0. The molecule has 4 atom stereocenters. The van der Waals surface area contributed by atoms with Gasteiger partial charge in [-0.1, -0.05) is 0 Å². The second-order valence-corrected chi connectivity index (χ2v) is 8.09. The Bertz CT molecular complexity index is 720. The van der Waals surface area contributed by atoms with E-state index in [4.69, 9.17) is 9.47 Å². The summed E-state index contributed by atoms with van der Waals surface area (Å²) < 4.78 is 11.9. The second-order valence-electron chi connectivity index (χ2n) is 8.09. The lowest BCUT2D eigenvalue weighted by atomic mass is 9.57. The van der Waals surface area contributed by atoms with Crippen molar-refractivity contribution in [1.82, 2.24) is 4.90 Å². The van der Waals surface area contributed by atoms with Crippen LogP contribution < -0.4 is 4.74 Å². The summed E-state index contributed by atoms with van der Waals surface area (Å²) in [5.41, 5.74) is 3.82. The lowest BCUT2D eigenvalue weighted by molar-refractivity contribution is -0.262. The molecular formula is C19H25NO4. The van der Waals surface area contributed by atoms with Gasteiger partial charge in [-0.15, -0.1) is 0 Å². The maximum absolute atomic E-state index is 10.7. The minimum absolute atomic E-state index is 0.0413. The number of aromatic hydroxyl groups is 1. The van der Waals surface area contributed by atoms with Crippen LogP contribution in [0.2, 0.25) is 0 Å². The monoisotopic (exact) mass is 331 g/mol. The number of phenols is 1. The Morgan fingerprint density at radius 1 is 1.33 bits per heavy atom. The first-order chi connectivity index (χ1) is 11.5. The largest absolute Gasteiger partial charge is 0.504 e. The number of aliphatic hydroxyl groups is 1. The maximum Gasteiger partial charge on any atom is 0.237 e. The summed E-state index contributed by atoms with van der Waals surface area (Å²) in [7, 11) is 3.79. The molecule has 24 heavy (non-hydrogen) atoms. The van der Waals surface area contributed by atoms with Gasteiger partial charge in [-0.3, -0.25) is 4.90 Å². The highest BCUT2D eigenvalue weighted by atomic mass is 16.7. The van der Waals surface area contributed by atoms with Gasteiger partial charge >= 0.3 is 0 Å². The average molecular weight is 331 g/mol. The van der Waals surface area contributed by atoms with Gasteiger partial charge < -0.3 is 19.7 Å². The number of benzene rings is 1. The molecule has 2 bridgehead atoms. The molecule has 2 heterocycles. The van der Waals surface area contributed by atoms with Crippen LogP contribution in [0.15, 0.2) is 6.07 Å². The van der Waals surface area contributed by atoms with Crippen molar-refractivity contribution in [3.05, 3.63) is 22.8 Å². The predicted molar refractivity (Wildman–Crippen MR) is 88.3 cm³/mol. The van der Waals surface area contributed by atoms with Gasteiger partial charge in [0, 0.05) is 37.1 Å². The molecule has 5 nitrogen and oxygen atoms in total. The molecule has 0 amide bonds. The fraction of sp³-hybridized carbons (Fsp3) is 0.684. The first kappa shape index (κ1) is 15.0. The highest BCUT2D eigenvalue weighted by molar-refractivity contribution is 5.61. The van der Waals surface area contributed by atoms with E-state index in [0.29, 0.717) is 24.6 Å². The summed E-state index contributed by atoms with van der Waals surface area (Å²) in [5, 5.41) is 21.2. The first-order valence-electron chi connectivity index (χ1n) is 9.01. The van der Waals surface area contributed by atoms with Gasteiger partial charge in [0.05, 0.1) is 0 Å². The van der Waals surface area contributed by atoms with E-state index in [9.17, 15) is 10.2 Å². The number of nitrogens with zero attached hydrogens (tertiary/aromatic N) is 1. The summed E-state index contributed by atoms with van der Waals surface area (Å²) in [6.45, 7) is 1.03. The maximum atomic E-state index is 10.7. The summed E-state index contributed by atoms with van der Waals surface area (Å²) in [6.07, 6.45) is 4.79. The Morgan fingerprint density at radius 2 is 2.12 bits per heavy atom. The fourth-order valence-corrected chi connectivity index (χ4v) is 5.78. The van der Waals surface area contributed by atoms with E-state index in [2.05, 4.69) is 11.9 Å². The number of fused-ring (bicyclic) bond motifs is 1. The lowest BCUT2D eigenvalue weighted by Crippen LogP contribution is -2.61. The molecule has 2 N–H and O–H groups in total. The molecule has 130 valence electrons. The van der Waals surface area contributed by atoms with E-state index in [0.717, 1.165) is 32.2 Å². The molecule has 1 unspecified atom stereocenters. The van der Waals surface area contributed by atoms with Crippen molar-refractivity contribution in [2.45, 2.75) is 61.9 Å². The predicted octanol–water partition coefficient (Wildman–Crippen LogP) is 2.23. The molecule has 1 aromatic carbocycles. The average Bonchev–Trinajstić information content (AvgIpc) is 2.59. The lowest BCUT2D eigenvalue weighted by Gasteiger charge is -2.57. The third kappa shape index (κ3) is 1.65. The van der Waals surface area contributed by atoms with E-state index < -0.39 is 11.9 Å². The molecule has 2 aliphatic heterocycles. The number of phenolic OH excluding ortho intramolecular Hbond substituents is 1. The van der Waals surface area contributed by atoms with Crippen LogP contribution in [0.3, 0.4) is 0 Å². The molecule has 2 aliphatic carbocycles. The van der Waals surface area contributed by atoms with Crippen LogP contribution in [0.25, 0.3) is 0 Å². The second kappa shape index (κ2) is 4.65. The molecule has 0 radical (unpaired) electrons. The van der Waals surface area contributed by atoms with Crippen molar-refractivity contribution in [3.63, 3.8) is 0 Å². The topological polar surface area (TPSA) is 62.2 Å². The van der Waals surface area contributed by atoms with Gasteiger partial charge in [0.2, 0.25) is 5.79 Å². The van der Waals surface area contributed by atoms with Gasteiger partial charge in [-0.25, -0.2) is 0 Å². The minimum Gasteiger partial charge on any atom is -0.504 e. The van der Waals surface area contributed by atoms with Crippen LogP contribution in [-0.4, -0.2) is 47.7 Å². The standard InChI is InChI=1S/C19H25NO4/c1-20-8-5-11-9-13(21)17-16-15(11)12(20)3-6-18(16)7-4-14(22)19(10-18,23-2)24-17/h9,12,14,21-22H,3-8,10H2,1-2H3/t12-,14-,18?,19-/m1/s1. The first-order valence-corrected chi connectivity index (χ1v) is 9.01. The molecule has 5 rings (SSSR count). The van der Waals surface area contributed by atoms with Gasteiger partial charge in [-0.05, 0) is 56.3 Å². The van der Waals surface area contributed by atoms with E-state index in [1.807, 2.05) is 6.07 Å². The summed E-state index contributed by atoms with van der Waals surface area (Å²) in [4.78, 5) is 2.43. The van der Waals surface area contributed by atoms with Crippen LogP contribution in [0.4, 0.5) is 0 Å². The van der Waals surface area contributed by atoms with Gasteiger partial charge in [-0.2, -0.15) is 0 Å². The zero-order chi connectivity index (χ0) is 16.7. The van der Waals surface area contributed by atoms with Crippen molar-refractivity contribution in [3.8, 4) is 11.5 Å². The van der Waals surface area contributed by atoms with E-state index in [1.165, 1.54) is 16.7 Å². The highest BCUT2D eigenvalue weighted by Crippen LogP contribution is 2.63. The Kier molecular flexibility index (Phi) is 2.91. The van der Waals surface area contributed by atoms with Gasteiger partial charge in [0.15, 0.2) is 11.5 Å². The fourth-order valence-electron chi connectivity index (χ4n) is 5.78. The zero-order valence-electron chi connectivity index (χ0n) is 14.3. The molecule has 1 spiro atoms. The van der Waals surface area contributed by atoms with E-state index >= 15 is 0 Å². The van der Waals surface area contributed by atoms with E-state index in [1.54, 1.807) is 7.11 Å². The molecule has 4 aliphatic rings. The number of rotatable bonds is 1. The van der Waals surface area contributed by atoms with Crippen molar-refractivity contribution >= 4 is 0 Å². The molecule has 0 aromatic heterocycles. The molecular weight excluding hydrogens is 306 g/mol.